The van der Waals surface area contributed by atoms with Crippen molar-refractivity contribution in [2.24, 2.45) is 0 Å². The Balaban J connectivity index is 2.70. The molecule has 0 aliphatic rings. The Bertz CT molecular complexity index is 335. The highest BCUT2D eigenvalue weighted by molar-refractivity contribution is 5.20. The van der Waals surface area contributed by atoms with Crippen LogP contribution in [0.1, 0.15) is 38.3 Å². The zero-order chi connectivity index (χ0) is 12.0. The van der Waals surface area contributed by atoms with Gasteiger partial charge in [0.2, 0.25) is 0 Å². The van der Waals surface area contributed by atoms with Crippen molar-refractivity contribution in [1.29, 1.82) is 0 Å². The van der Waals surface area contributed by atoms with Gasteiger partial charge in [-0.05, 0) is 37.5 Å². The second-order valence-corrected chi connectivity index (χ2v) is 4.11. The summed E-state index contributed by atoms with van der Waals surface area (Å²) in [6, 6.07) is 7.37. The van der Waals surface area contributed by atoms with Crippen LogP contribution in [0.15, 0.2) is 36.9 Å². The molecule has 2 atom stereocenters. The number of nitrogens with one attached hydrogen (secondary N) is 1. The normalized spacial score (nSPS) is 14.4. The average molecular weight is 221 g/mol. The standard InChI is InChI=1S/C14H20FN/c1-4-7-11(3)16-14(5-2)12-8-6-9-13(15)10-12/h4,6,8-11,14,16H,1,5,7H2,2-3H3. The highest BCUT2D eigenvalue weighted by Gasteiger charge is 2.11. The molecule has 0 aromatic heterocycles. The molecule has 0 amide bonds. The fourth-order valence-corrected chi connectivity index (χ4v) is 1.83. The summed E-state index contributed by atoms with van der Waals surface area (Å²) in [5.41, 5.74) is 1.01. The Hall–Kier alpha value is -1.15. The van der Waals surface area contributed by atoms with Gasteiger partial charge in [0.15, 0.2) is 0 Å². The Labute approximate surface area is 97.4 Å². The number of benzene rings is 1. The van der Waals surface area contributed by atoms with E-state index in [1.807, 2.05) is 12.1 Å². The van der Waals surface area contributed by atoms with Crippen LogP contribution in [-0.2, 0) is 0 Å². The Morgan fingerprint density at radius 3 is 2.81 bits per heavy atom. The van der Waals surface area contributed by atoms with Crippen LogP contribution in [0.3, 0.4) is 0 Å². The van der Waals surface area contributed by atoms with E-state index in [1.54, 1.807) is 12.1 Å². The number of halogens is 1. The molecule has 0 aliphatic carbocycles. The molecule has 0 radical (unpaired) electrons. The molecular formula is C14H20FN. The van der Waals surface area contributed by atoms with Crippen LogP contribution >= 0.6 is 0 Å². The molecule has 1 rings (SSSR count). The van der Waals surface area contributed by atoms with Crippen LogP contribution in [0.4, 0.5) is 4.39 Å². The van der Waals surface area contributed by atoms with Gasteiger partial charge in [-0.2, -0.15) is 0 Å². The summed E-state index contributed by atoms with van der Waals surface area (Å²) in [6.45, 7) is 7.94. The first-order valence-electron chi connectivity index (χ1n) is 5.79. The highest BCUT2D eigenvalue weighted by Crippen LogP contribution is 2.18. The molecule has 2 heteroatoms. The molecule has 0 bridgehead atoms. The second kappa shape index (κ2) is 6.44. The third-order valence-corrected chi connectivity index (χ3v) is 2.67. The lowest BCUT2D eigenvalue weighted by molar-refractivity contribution is 0.446. The minimum Gasteiger partial charge on any atom is -0.307 e. The number of hydrogen-bond donors (Lipinski definition) is 1. The summed E-state index contributed by atoms with van der Waals surface area (Å²) in [5, 5.41) is 3.47. The lowest BCUT2D eigenvalue weighted by atomic mass is 10.0. The third-order valence-electron chi connectivity index (χ3n) is 2.67. The maximum absolute atomic E-state index is 13.1. The van der Waals surface area contributed by atoms with E-state index in [-0.39, 0.29) is 11.9 Å². The van der Waals surface area contributed by atoms with Crippen LogP contribution < -0.4 is 5.32 Å². The third kappa shape index (κ3) is 3.78. The van der Waals surface area contributed by atoms with E-state index in [0.717, 1.165) is 18.4 Å². The molecule has 2 unspecified atom stereocenters. The fourth-order valence-electron chi connectivity index (χ4n) is 1.83. The molecule has 0 spiro atoms. The minimum atomic E-state index is -0.172. The molecule has 1 nitrogen and oxygen atoms in total. The van der Waals surface area contributed by atoms with Crippen molar-refractivity contribution in [1.82, 2.24) is 5.32 Å². The van der Waals surface area contributed by atoms with Gasteiger partial charge in [-0.3, -0.25) is 0 Å². The van der Waals surface area contributed by atoms with Crippen molar-refractivity contribution < 1.29 is 4.39 Å². The second-order valence-electron chi connectivity index (χ2n) is 4.11. The topological polar surface area (TPSA) is 12.0 Å². The van der Waals surface area contributed by atoms with Gasteiger partial charge in [-0.15, -0.1) is 6.58 Å². The molecular weight excluding hydrogens is 201 g/mol. The summed E-state index contributed by atoms with van der Waals surface area (Å²) in [5.74, 6) is -0.172. The summed E-state index contributed by atoms with van der Waals surface area (Å²) in [4.78, 5) is 0. The van der Waals surface area contributed by atoms with Gasteiger partial charge in [0.25, 0.3) is 0 Å². The first-order chi connectivity index (χ1) is 7.67. The van der Waals surface area contributed by atoms with Crippen LogP contribution in [0.5, 0.6) is 0 Å². The predicted molar refractivity (Wildman–Crippen MR) is 66.8 cm³/mol. The largest absolute Gasteiger partial charge is 0.307 e. The molecule has 1 aromatic carbocycles. The summed E-state index contributed by atoms with van der Waals surface area (Å²) < 4.78 is 13.1. The highest BCUT2D eigenvalue weighted by atomic mass is 19.1. The molecule has 0 heterocycles. The van der Waals surface area contributed by atoms with Gasteiger partial charge in [0, 0.05) is 12.1 Å². The van der Waals surface area contributed by atoms with Crippen molar-refractivity contribution in [3.8, 4) is 0 Å². The maximum atomic E-state index is 13.1. The van der Waals surface area contributed by atoms with Gasteiger partial charge in [-0.25, -0.2) is 4.39 Å². The van der Waals surface area contributed by atoms with Crippen molar-refractivity contribution in [3.63, 3.8) is 0 Å². The molecule has 0 saturated heterocycles. The molecule has 88 valence electrons. The lowest BCUT2D eigenvalue weighted by Gasteiger charge is -2.22. The molecule has 0 fully saturated rings. The summed E-state index contributed by atoms with van der Waals surface area (Å²) in [7, 11) is 0. The monoisotopic (exact) mass is 221 g/mol. The molecule has 16 heavy (non-hydrogen) atoms. The first-order valence-corrected chi connectivity index (χ1v) is 5.79. The first kappa shape index (κ1) is 12.9. The number of hydrogen-bond acceptors (Lipinski definition) is 1. The van der Waals surface area contributed by atoms with Crippen LogP contribution in [0, 0.1) is 5.82 Å². The number of rotatable bonds is 6. The van der Waals surface area contributed by atoms with E-state index < -0.39 is 0 Å². The summed E-state index contributed by atoms with van der Waals surface area (Å²) >= 11 is 0. The Kier molecular flexibility index (Phi) is 5.20. The Morgan fingerprint density at radius 1 is 1.50 bits per heavy atom. The van der Waals surface area contributed by atoms with E-state index in [0.29, 0.717) is 6.04 Å². The maximum Gasteiger partial charge on any atom is 0.123 e. The van der Waals surface area contributed by atoms with Crippen molar-refractivity contribution in [2.75, 3.05) is 0 Å². The quantitative estimate of drug-likeness (QED) is 0.720. The zero-order valence-electron chi connectivity index (χ0n) is 10.0. The van der Waals surface area contributed by atoms with E-state index in [9.17, 15) is 4.39 Å². The van der Waals surface area contributed by atoms with Crippen molar-refractivity contribution >= 4 is 0 Å². The zero-order valence-corrected chi connectivity index (χ0v) is 10.0. The van der Waals surface area contributed by atoms with E-state index >= 15 is 0 Å². The van der Waals surface area contributed by atoms with Crippen LogP contribution in [0.25, 0.3) is 0 Å². The average Bonchev–Trinajstić information content (AvgIpc) is 2.26. The van der Waals surface area contributed by atoms with Gasteiger partial charge in [0.05, 0.1) is 0 Å². The molecule has 1 N–H and O–H groups in total. The minimum absolute atomic E-state index is 0.172. The van der Waals surface area contributed by atoms with Crippen molar-refractivity contribution in [2.45, 2.75) is 38.8 Å². The summed E-state index contributed by atoms with van der Waals surface area (Å²) in [6.07, 6.45) is 3.77. The lowest BCUT2D eigenvalue weighted by Crippen LogP contribution is -2.29. The predicted octanol–water partition coefficient (Wildman–Crippen LogP) is 3.83. The molecule has 1 aromatic rings. The van der Waals surface area contributed by atoms with Crippen molar-refractivity contribution in [3.05, 3.63) is 48.3 Å². The van der Waals surface area contributed by atoms with Crippen LogP contribution in [-0.4, -0.2) is 6.04 Å². The smallest absolute Gasteiger partial charge is 0.123 e. The fraction of sp³-hybridized carbons (Fsp3) is 0.429. The van der Waals surface area contributed by atoms with Crippen LogP contribution in [0.2, 0.25) is 0 Å². The van der Waals surface area contributed by atoms with Gasteiger partial charge in [0.1, 0.15) is 5.82 Å². The molecule has 0 saturated carbocycles. The van der Waals surface area contributed by atoms with Gasteiger partial charge in [-0.1, -0.05) is 25.1 Å². The van der Waals surface area contributed by atoms with E-state index in [4.69, 9.17) is 0 Å². The molecule has 0 aliphatic heterocycles. The van der Waals surface area contributed by atoms with Gasteiger partial charge >= 0.3 is 0 Å². The SMILES string of the molecule is C=CCC(C)NC(CC)c1cccc(F)c1. The Morgan fingerprint density at radius 2 is 2.25 bits per heavy atom. The van der Waals surface area contributed by atoms with E-state index in [1.165, 1.54) is 6.07 Å². The van der Waals surface area contributed by atoms with E-state index in [2.05, 4.69) is 25.7 Å². The van der Waals surface area contributed by atoms with Gasteiger partial charge < -0.3 is 5.32 Å².